The topological polar surface area (TPSA) is 26.3 Å². The van der Waals surface area contributed by atoms with Crippen molar-refractivity contribution in [2.45, 2.75) is 45.1 Å². The third-order valence-corrected chi connectivity index (χ3v) is 4.49. The third kappa shape index (κ3) is 0.918. The number of carbonyl (C=O) groups is 1. The van der Waals surface area contributed by atoms with Gasteiger partial charge in [0, 0.05) is 12.8 Å². The van der Waals surface area contributed by atoms with Gasteiger partial charge in [0.15, 0.2) is 0 Å². The predicted octanol–water partition coefficient (Wildman–Crippen LogP) is 2.13. The van der Waals surface area contributed by atoms with Crippen LogP contribution in [0, 0.1) is 17.3 Å². The van der Waals surface area contributed by atoms with Gasteiger partial charge < -0.3 is 4.74 Å². The molecule has 1 spiro atoms. The van der Waals surface area contributed by atoms with Gasteiger partial charge in [-0.05, 0) is 43.4 Å². The van der Waals surface area contributed by atoms with Gasteiger partial charge in [0.1, 0.15) is 6.10 Å². The van der Waals surface area contributed by atoms with Crippen LogP contribution in [0.5, 0.6) is 0 Å². The molecule has 3 unspecified atom stereocenters. The van der Waals surface area contributed by atoms with Gasteiger partial charge in [-0.1, -0.05) is 0 Å². The van der Waals surface area contributed by atoms with E-state index in [0.717, 1.165) is 18.3 Å². The van der Waals surface area contributed by atoms with Gasteiger partial charge in [-0.2, -0.15) is 0 Å². The summed E-state index contributed by atoms with van der Waals surface area (Å²) in [7, 11) is 0. The number of rotatable bonds is 1. The van der Waals surface area contributed by atoms with Crippen molar-refractivity contribution in [2.24, 2.45) is 17.3 Å². The molecule has 3 saturated carbocycles. The van der Waals surface area contributed by atoms with Crippen LogP contribution in [-0.2, 0) is 9.53 Å². The average Bonchev–Trinajstić information content (AvgIpc) is 2.70. The van der Waals surface area contributed by atoms with Crippen molar-refractivity contribution in [3.8, 4) is 0 Å². The van der Waals surface area contributed by atoms with E-state index in [1.54, 1.807) is 0 Å². The number of ether oxygens (including phenoxy) is 1. The number of esters is 1. The van der Waals surface area contributed by atoms with Crippen molar-refractivity contribution >= 4 is 5.97 Å². The molecule has 3 atom stereocenters. The summed E-state index contributed by atoms with van der Waals surface area (Å²) in [4.78, 5) is 10.9. The Morgan fingerprint density at radius 3 is 2.69 bits per heavy atom. The summed E-state index contributed by atoms with van der Waals surface area (Å²) in [5, 5.41) is 0. The highest BCUT2D eigenvalue weighted by Crippen LogP contribution is 2.71. The summed E-state index contributed by atoms with van der Waals surface area (Å²) in [6.45, 7) is 1.53. The first kappa shape index (κ1) is 7.84. The van der Waals surface area contributed by atoms with E-state index in [2.05, 4.69) is 0 Å². The van der Waals surface area contributed by atoms with Gasteiger partial charge in [-0.15, -0.1) is 0 Å². The molecule has 0 amide bonds. The fraction of sp³-hybridized carbons (Fsp3) is 0.909. The molecule has 0 N–H and O–H groups in total. The second kappa shape index (κ2) is 2.28. The molecule has 3 rings (SSSR count). The number of hydrogen-bond acceptors (Lipinski definition) is 2. The van der Waals surface area contributed by atoms with Crippen LogP contribution in [0.4, 0.5) is 0 Å². The van der Waals surface area contributed by atoms with E-state index in [-0.39, 0.29) is 12.1 Å². The zero-order chi connectivity index (χ0) is 9.05. The highest BCUT2D eigenvalue weighted by molar-refractivity contribution is 5.66. The van der Waals surface area contributed by atoms with E-state index in [4.69, 9.17) is 4.74 Å². The van der Waals surface area contributed by atoms with E-state index < -0.39 is 0 Å². The molecule has 2 nitrogen and oxygen atoms in total. The SMILES string of the molecule is CC(=O)OC1CC2CCC1C21CC1. The zero-order valence-corrected chi connectivity index (χ0v) is 8.08. The smallest absolute Gasteiger partial charge is 0.302 e. The Bertz CT molecular complexity index is 255. The van der Waals surface area contributed by atoms with Crippen molar-refractivity contribution in [1.29, 1.82) is 0 Å². The molecule has 0 aromatic carbocycles. The summed E-state index contributed by atoms with van der Waals surface area (Å²) in [6, 6.07) is 0. The minimum Gasteiger partial charge on any atom is -0.462 e. The largest absolute Gasteiger partial charge is 0.462 e. The zero-order valence-electron chi connectivity index (χ0n) is 8.08. The Balaban J connectivity index is 1.78. The standard InChI is InChI=1S/C11H16O2/c1-7(12)13-10-6-8-2-3-9(10)11(8)4-5-11/h8-10H,2-6H2,1H3. The first-order valence-corrected chi connectivity index (χ1v) is 5.39. The van der Waals surface area contributed by atoms with Crippen molar-refractivity contribution in [3.05, 3.63) is 0 Å². The maximum absolute atomic E-state index is 10.9. The number of carbonyl (C=O) groups excluding carboxylic acids is 1. The Morgan fingerprint density at radius 1 is 1.38 bits per heavy atom. The first-order valence-electron chi connectivity index (χ1n) is 5.39. The summed E-state index contributed by atoms with van der Waals surface area (Å²) in [5.41, 5.74) is 0.653. The summed E-state index contributed by atoms with van der Waals surface area (Å²) in [5.74, 6) is 1.52. The van der Waals surface area contributed by atoms with Crippen LogP contribution in [-0.4, -0.2) is 12.1 Å². The monoisotopic (exact) mass is 180 g/mol. The van der Waals surface area contributed by atoms with Crippen LogP contribution in [0.2, 0.25) is 0 Å². The van der Waals surface area contributed by atoms with E-state index in [1.807, 2.05) is 0 Å². The van der Waals surface area contributed by atoms with Gasteiger partial charge in [-0.25, -0.2) is 0 Å². The lowest BCUT2D eigenvalue weighted by atomic mass is 9.94. The van der Waals surface area contributed by atoms with Crippen LogP contribution in [0.25, 0.3) is 0 Å². The molecular formula is C11H16O2. The van der Waals surface area contributed by atoms with Crippen LogP contribution in [0.3, 0.4) is 0 Å². The van der Waals surface area contributed by atoms with Gasteiger partial charge in [-0.3, -0.25) is 4.79 Å². The highest BCUT2D eigenvalue weighted by Gasteiger charge is 2.65. The van der Waals surface area contributed by atoms with Crippen LogP contribution in [0.15, 0.2) is 0 Å². The van der Waals surface area contributed by atoms with Crippen molar-refractivity contribution < 1.29 is 9.53 Å². The molecule has 3 fully saturated rings. The lowest BCUT2D eigenvalue weighted by Crippen LogP contribution is -2.24. The Kier molecular flexibility index (Phi) is 1.38. The maximum atomic E-state index is 10.9. The first-order chi connectivity index (χ1) is 6.22. The second-order valence-corrected chi connectivity index (χ2v) is 5.00. The van der Waals surface area contributed by atoms with E-state index in [0.29, 0.717) is 5.41 Å². The molecule has 72 valence electrons. The van der Waals surface area contributed by atoms with Crippen molar-refractivity contribution in [1.82, 2.24) is 0 Å². The fourth-order valence-corrected chi connectivity index (χ4v) is 3.88. The molecule has 13 heavy (non-hydrogen) atoms. The van der Waals surface area contributed by atoms with E-state index in [1.165, 1.54) is 32.6 Å². The summed E-state index contributed by atoms with van der Waals surface area (Å²) >= 11 is 0. The van der Waals surface area contributed by atoms with Crippen molar-refractivity contribution in [3.63, 3.8) is 0 Å². The van der Waals surface area contributed by atoms with Crippen molar-refractivity contribution in [2.75, 3.05) is 0 Å². The summed E-state index contributed by atoms with van der Waals surface area (Å²) in [6.07, 6.45) is 6.94. The summed E-state index contributed by atoms with van der Waals surface area (Å²) < 4.78 is 5.38. The Morgan fingerprint density at radius 2 is 2.15 bits per heavy atom. The molecule has 0 radical (unpaired) electrons. The third-order valence-electron chi connectivity index (χ3n) is 4.49. The quantitative estimate of drug-likeness (QED) is 0.578. The van der Waals surface area contributed by atoms with Gasteiger partial charge in [0.2, 0.25) is 0 Å². The van der Waals surface area contributed by atoms with Gasteiger partial charge >= 0.3 is 5.97 Å². The average molecular weight is 180 g/mol. The predicted molar refractivity (Wildman–Crippen MR) is 48.1 cm³/mol. The molecule has 0 aromatic rings. The molecule has 0 aromatic heterocycles. The van der Waals surface area contributed by atoms with E-state index >= 15 is 0 Å². The molecule has 0 aliphatic heterocycles. The minimum atomic E-state index is -0.0895. The van der Waals surface area contributed by atoms with Crippen LogP contribution < -0.4 is 0 Å². The lowest BCUT2D eigenvalue weighted by Gasteiger charge is -2.21. The normalized spacial score (nSPS) is 43.9. The second-order valence-electron chi connectivity index (χ2n) is 5.00. The van der Waals surface area contributed by atoms with Crippen LogP contribution in [0.1, 0.15) is 39.0 Å². The molecule has 3 aliphatic rings. The fourth-order valence-electron chi connectivity index (χ4n) is 3.88. The Hall–Kier alpha value is -0.530. The van der Waals surface area contributed by atoms with Gasteiger partial charge in [0.25, 0.3) is 0 Å². The molecular weight excluding hydrogens is 164 g/mol. The molecule has 0 heterocycles. The Labute approximate surface area is 78.6 Å². The van der Waals surface area contributed by atoms with Gasteiger partial charge in [0.05, 0.1) is 0 Å². The minimum absolute atomic E-state index is 0.0895. The number of hydrogen-bond donors (Lipinski definition) is 0. The highest BCUT2D eigenvalue weighted by atomic mass is 16.5. The molecule has 2 heteroatoms. The maximum Gasteiger partial charge on any atom is 0.302 e. The van der Waals surface area contributed by atoms with Crippen LogP contribution >= 0.6 is 0 Å². The molecule has 0 saturated heterocycles. The van der Waals surface area contributed by atoms with E-state index in [9.17, 15) is 4.79 Å². The lowest BCUT2D eigenvalue weighted by molar-refractivity contribution is -0.149. The molecule has 2 bridgehead atoms. The molecule has 3 aliphatic carbocycles.